The van der Waals surface area contributed by atoms with Gasteiger partial charge >= 0.3 is 0 Å². The zero-order valence-corrected chi connectivity index (χ0v) is 18.3. The van der Waals surface area contributed by atoms with Crippen LogP contribution in [0.3, 0.4) is 0 Å². The van der Waals surface area contributed by atoms with Gasteiger partial charge in [-0.05, 0) is 37.1 Å². The lowest BCUT2D eigenvalue weighted by atomic mass is 10.2. The molecule has 0 fully saturated rings. The highest BCUT2D eigenvalue weighted by molar-refractivity contribution is 8.01. The van der Waals surface area contributed by atoms with Gasteiger partial charge in [0, 0.05) is 12.4 Å². The van der Waals surface area contributed by atoms with Crippen LogP contribution in [0.15, 0.2) is 83.0 Å². The van der Waals surface area contributed by atoms with E-state index in [1.54, 1.807) is 26.0 Å². The molecule has 2 N–H and O–H groups in total. The van der Waals surface area contributed by atoms with Gasteiger partial charge in [-0.25, -0.2) is 10.9 Å². The molecule has 0 saturated carbocycles. The first kappa shape index (κ1) is 23.8. The molecule has 0 spiro atoms. The summed E-state index contributed by atoms with van der Waals surface area (Å²) in [5.41, 5.74) is 7.04. The Morgan fingerprint density at radius 2 is 1.13 bits per heavy atom. The molecule has 2 unspecified atom stereocenters. The minimum atomic E-state index is -0.446. The number of allylic oxidation sites excluding steroid dienone is 2. The summed E-state index contributed by atoms with van der Waals surface area (Å²) < 4.78 is 0. The first-order chi connectivity index (χ1) is 15.1. The summed E-state index contributed by atoms with van der Waals surface area (Å²) in [4.78, 5) is 24.3. The number of nitrogens with one attached hydrogen (secondary N) is 2. The Labute approximate surface area is 187 Å². The second kappa shape index (κ2) is 13.7. The van der Waals surface area contributed by atoms with E-state index in [4.69, 9.17) is 0 Å². The summed E-state index contributed by atoms with van der Waals surface area (Å²) in [5.74, 6) is -0.549. The maximum atomic E-state index is 12.1. The van der Waals surface area contributed by atoms with Gasteiger partial charge in [0.1, 0.15) is 0 Å². The van der Waals surface area contributed by atoms with Crippen LogP contribution < -0.4 is 10.9 Å². The summed E-state index contributed by atoms with van der Waals surface area (Å²) in [6.45, 7) is 3.45. The molecule has 0 saturated heterocycles. The molecule has 2 rings (SSSR count). The van der Waals surface area contributed by atoms with Crippen LogP contribution in [0.4, 0.5) is 0 Å². The molecule has 160 valence electrons. The number of rotatable bonds is 10. The van der Waals surface area contributed by atoms with Crippen molar-refractivity contribution in [3.05, 3.63) is 83.9 Å². The van der Waals surface area contributed by atoms with E-state index >= 15 is 0 Å². The van der Waals surface area contributed by atoms with E-state index in [1.807, 2.05) is 72.8 Å². The second-order valence-electron chi connectivity index (χ2n) is 6.47. The molecular weight excluding hydrogens is 408 g/mol. The van der Waals surface area contributed by atoms with Gasteiger partial charge < -0.3 is 0 Å². The van der Waals surface area contributed by atoms with Gasteiger partial charge in [0.2, 0.25) is 0 Å². The highest BCUT2D eigenvalue weighted by Gasteiger charge is 2.21. The molecule has 0 aliphatic heterocycles. The van der Waals surface area contributed by atoms with Crippen molar-refractivity contribution in [2.24, 2.45) is 10.2 Å². The van der Waals surface area contributed by atoms with Crippen LogP contribution in [0.1, 0.15) is 25.0 Å². The Hall–Kier alpha value is -3.45. The Bertz CT molecular complexity index is 863. The van der Waals surface area contributed by atoms with Gasteiger partial charge in [-0.15, -0.1) is 11.8 Å². The summed E-state index contributed by atoms with van der Waals surface area (Å²) in [6, 6.07) is 19.6. The van der Waals surface area contributed by atoms with E-state index in [9.17, 15) is 9.59 Å². The van der Waals surface area contributed by atoms with Crippen LogP contribution in [-0.4, -0.2) is 34.7 Å². The molecule has 0 aliphatic rings. The van der Waals surface area contributed by atoms with Crippen LogP contribution in [0, 0.1) is 0 Å². The third kappa shape index (κ3) is 9.73. The summed E-state index contributed by atoms with van der Waals surface area (Å²) in [7, 11) is 0. The molecule has 0 aromatic heterocycles. The Morgan fingerprint density at radius 1 is 0.742 bits per heavy atom. The van der Waals surface area contributed by atoms with Gasteiger partial charge in [-0.3, -0.25) is 9.59 Å². The third-order valence-corrected chi connectivity index (χ3v) is 5.24. The lowest BCUT2D eigenvalue weighted by Crippen LogP contribution is -2.33. The highest BCUT2D eigenvalue weighted by atomic mass is 32.2. The van der Waals surface area contributed by atoms with Crippen LogP contribution in [0.25, 0.3) is 12.2 Å². The number of hydrogen-bond acceptors (Lipinski definition) is 5. The SMILES string of the molecule is CC(SC(C)C(=O)NN=CC=Cc1ccccc1)C(=O)NN=CC=Cc1ccccc1. The quantitative estimate of drug-likeness (QED) is 0.436. The number of carbonyl (C=O) groups is 2. The van der Waals surface area contributed by atoms with Gasteiger partial charge in [0.05, 0.1) is 10.5 Å². The first-order valence-corrected chi connectivity index (χ1v) is 10.8. The molecule has 0 heterocycles. The lowest BCUT2D eigenvalue weighted by Gasteiger charge is -2.14. The molecule has 2 amide bonds. The molecule has 2 aromatic rings. The van der Waals surface area contributed by atoms with Crippen molar-refractivity contribution in [2.45, 2.75) is 24.3 Å². The number of carbonyl (C=O) groups excluding carboxylic acids is 2. The normalized spacial score (nSPS) is 13.7. The third-order valence-electron chi connectivity index (χ3n) is 3.99. The van der Waals surface area contributed by atoms with Gasteiger partial charge in [0.15, 0.2) is 0 Å². The molecule has 0 bridgehead atoms. The van der Waals surface area contributed by atoms with E-state index in [2.05, 4.69) is 21.1 Å². The zero-order valence-electron chi connectivity index (χ0n) is 17.5. The van der Waals surface area contributed by atoms with E-state index in [0.29, 0.717) is 0 Å². The number of nitrogens with zero attached hydrogens (tertiary/aromatic N) is 2. The molecular formula is C24H26N4O2S. The molecule has 0 aliphatic carbocycles. The summed E-state index contributed by atoms with van der Waals surface area (Å²) in [6.07, 6.45) is 10.3. The maximum Gasteiger partial charge on any atom is 0.252 e. The average Bonchev–Trinajstić information content (AvgIpc) is 2.79. The van der Waals surface area contributed by atoms with Gasteiger partial charge in [-0.1, -0.05) is 72.8 Å². The van der Waals surface area contributed by atoms with E-state index in [-0.39, 0.29) is 11.8 Å². The fraction of sp³-hybridized carbons (Fsp3) is 0.167. The zero-order chi connectivity index (χ0) is 22.3. The first-order valence-electron chi connectivity index (χ1n) is 9.81. The maximum absolute atomic E-state index is 12.1. The summed E-state index contributed by atoms with van der Waals surface area (Å²) in [5, 5.41) is 6.90. The smallest absolute Gasteiger partial charge is 0.252 e. The topological polar surface area (TPSA) is 82.9 Å². The molecule has 6 nitrogen and oxygen atoms in total. The average molecular weight is 435 g/mol. The number of hydrogen-bond donors (Lipinski definition) is 2. The van der Waals surface area contributed by atoms with E-state index in [1.165, 1.54) is 24.2 Å². The Kier molecular flexibility index (Phi) is 10.5. The van der Waals surface area contributed by atoms with Crippen LogP contribution in [-0.2, 0) is 9.59 Å². The minimum absolute atomic E-state index is 0.275. The van der Waals surface area contributed by atoms with Crippen molar-refractivity contribution in [3.8, 4) is 0 Å². The highest BCUT2D eigenvalue weighted by Crippen LogP contribution is 2.17. The standard InChI is InChI=1S/C24H26N4O2S/c1-19(23(29)27-25-17-9-15-21-11-5-3-6-12-21)31-20(2)24(30)28-26-18-10-16-22-13-7-4-8-14-22/h3-20H,1-2H3,(H,27,29)(H,28,30). The van der Waals surface area contributed by atoms with Crippen molar-refractivity contribution in [3.63, 3.8) is 0 Å². The lowest BCUT2D eigenvalue weighted by molar-refractivity contribution is -0.120. The van der Waals surface area contributed by atoms with E-state index in [0.717, 1.165) is 11.1 Å². The van der Waals surface area contributed by atoms with Crippen molar-refractivity contribution < 1.29 is 9.59 Å². The second-order valence-corrected chi connectivity index (χ2v) is 8.15. The fourth-order valence-corrected chi connectivity index (χ4v) is 3.30. The largest absolute Gasteiger partial charge is 0.272 e. The van der Waals surface area contributed by atoms with Gasteiger partial charge in [0.25, 0.3) is 11.8 Å². The predicted molar refractivity (Wildman–Crippen MR) is 131 cm³/mol. The van der Waals surface area contributed by atoms with Crippen LogP contribution >= 0.6 is 11.8 Å². The van der Waals surface area contributed by atoms with Crippen molar-refractivity contribution in [1.29, 1.82) is 0 Å². The number of hydrazone groups is 2. The molecule has 31 heavy (non-hydrogen) atoms. The van der Waals surface area contributed by atoms with Crippen LogP contribution in [0.2, 0.25) is 0 Å². The molecule has 2 aromatic carbocycles. The Morgan fingerprint density at radius 3 is 1.52 bits per heavy atom. The number of benzene rings is 2. The molecule has 7 heteroatoms. The van der Waals surface area contributed by atoms with E-state index < -0.39 is 10.5 Å². The van der Waals surface area contributed by atoms with Crippen LogP contribution in [0.5, 0.6) is 0 Å². The fourth-order valence-electron chi connectivity index (χ4n) is 2.34. The van der Waals surface area contributed by atoms with Crippen molar-refractivity contribution in [1.82, 2.24) is 10.9 Å². The summed E-state index contributed by atoms with van der Waals surface area (Å²) >= 11 is 1.23. The van der Waals surface area contributed by atoms with Gasteiger partial charge in [-0.2, -0.15) is 10.2 Å². The number of thioether (sulfide) groups is 1. The minimum Gasteiger partial charge on any atom is -0.272 e. The number of amides is 2. The monoisotopic (exact) mass is 434 g/mol. The van der Waals surface area contributed by atoms with Crippen molar-refractivity contribution in [2.75, 3.05) is 0 Å². The predicted octanol–water partition coefficient (Wildman–Crippen LogP) is 4.13. The van der Waals surface area contributed by atoms with Crippen molar-refractivity contribution >= 4 is 48.2 Å². The Balaban J connectivity index is 1.69. The molecule has 2 atom stereocenters. The molecule has 0 radical (unpaired) electrons.